The Morgan fingerprint density at radius 1 is 1.00 bits per heavy atom. The minimum Gasteiger partial charge on any atom is -0.505 e. The van der Waals surface area contributed by atoms with Crippen LogP contribution in [-0.2, 0) is 6.42 Å². The van der Waals surface area contributed by atoms with Gasteiger partial charge in [-0.2, -0.15) is 0 Å². The molecule has 0 saturated carbocycles. The highest BCUT2D eigenvalue weighted by molar-refractivity contribution is 6.37. The number of halogens is 3. The molecule has 0 saturated heterocycles. The van der Waals surface area contributed by atoms with Crippen molar-refractivity contribution in [3.63, 3.8) is 0 Å². The molecule has 0 aliphatic carbocycles. The molecule has 0 fully saturated rings. The molecule has 3 rings (SSSR count). The van der Waals surface area contributed by atoms with Crippen molar-refractivity contribution >= 4 is 40.8 Å². The molecular formula is C19H13Cl3N2O4. The Balaban J connectivity index is 1.81. The van der Waals surface area contributed by atoms with E-state index in [0.717, 1.165) is 5.56 Å². The number of phenolic OH excluding ortho intramolecular Hbond substituents is 1. The van der Waals surface area contributed by atoms with Crippen LogP contribution in [0.3, 0.4) is 0 Å². The number of phenols is 1. The molecule has 2 N–H and O–H groups in total. The molecule has 0 unspecified atom stereocenters. The third-order valence-electron chi connectivity index (χ3n) is 3.85. The van der Waals surface area contributed by atoms with Crippen molar-refractivity contribution in [3.05, 3.63) is 68.7 Å². The molecule has 0 spiro atoms. The van der Waals surface area contributed by atoms with Gasteiger partial charge in [-0.1, -0.05) is 46.9 Å². The number of hydrogen-bond donors (Lipinski definition) is 2. The number of aromatic carboxylic acids is 1. The topological polar surface area (TPSA) is 92.5 Å². The van der Waals surface area contributed by atoms with E-state index in [4.69, 9.17) is 39.5 Å². The molecule has 0 aliphatic rings. The fourth-order valence-electron chi connectivity index (χ4n) is 2.41. The Bertz CT molecular complexity index is 1000. The van der Waals surface area contributed by atoms with Crippen molar-refractivity contribution < 1.29 is 19.7 Å². The SMILES string of the molecule is O=C(O)c1cc(-c2cc(Cl)c(O)c(Cl)c2)nnc1OCCc1ccc(Cl)cc1. The van der Waals surface area contributed by atoms with Gasteiger partial charge in [0.1, 0.15) is 5.56 Å². The van der Waals surface area contributed by atoms with E-state index in [-0.39, 0.29) is 39.5 Å². The van der Waals surface area contributed by atoms with Crippen LogP contribution in [-0.4, -0.2) is 33.0 Å². The summed E-state index contributed by atoms with van der Waals surface area (Å²) in [5.74, 6) is -1.57. The second kappa shape index (κ2) is 8.65. The quantitative estimate of drug-likeness (QED) is 0.553. The van der Waals surface area contributed by atoms with Gasteiger partial charge in [0.15, 0.2) is 5.75 Å². The van der Waals surface area contributed by atoms with Gasteiger partial charge in [0.2, 0.25) is 5.88 Å². The number of benzene rings is 2. The first-order valence-corrected chi connectivity index (χ1v) is 9.15. The van der Waals surface area contributed by atoms with Crippen LogP contribution in [0.2, 0.25) is 15.1 Å². The predicted molar refractivity (Wildman–Crippen MR) is 107 cm³/mol. The van der Waals surface area contributed by atoms with E-state index in [9.17, 15) is 15.0 Å². The Labute approximate surface area is 175 Å². The summed E-state index contributed by atoms with van der Waals surface area (Å²) >= 11 is 17.7. The molecule has 0 bridgehead atoms. The Morgan fingerprint density at radius 2 is 1.64 bits per heavy atom. The summed E-state index contributed by atoms with van der Waals surface area (Å²) in [5.41, 5.74) is 1.47. The van der Waals surface area contributed by atoms with Crippen molar-refractivity contribution in [2.75, 3.05) is 6.61 Å². The number of aromatic nitrogens is 2. The summed E-state index contributed by atoms with van der Waals surface area (Å²) in [6.45, 7) is 0.215. The van der Waals surface area contributed by atoms with E-state index >= 15 is 0 Å². The fraction of sp³-hybridized carbons (Fsp3) is 0.105. The van der Waals surface area contributed by atoms with Gasteiger partial charge in [0.25, 0.3) is 0 Å². The first-order valence-electron chi connectivity index (χ1n) is 8.02. The van der Waals surface area contributed by atoms with Gasteiger partial charge in [-0.15, -0.1) is 10.2 Å². The minimum atomic E-state index is -1.21. The van der Waals surface area contributed by atoms with Gasteiger partial charge >= 0.3 is 5.97 Å². The number of nitrogens with zero attached hydrogens (tertiary/aromatic N) is 2. The zero-order chi connectivity index (χ0) is 20.3. The third-order valence-corrected chi connectivity index (χ3v) is 4.67. The predicted octanol–water partition coefficient (Wildman–Crippen LogP) is 5.13. The number of rotatable bonds is 6. The number of carboxylic acids is 1. The minimum absolute atomic E-state index is 0.0180. The number of aromatic hydroxyl groups is 1. The van der Waals surface area contributed by atoms with Gasteiger partial charge in [-0.3, -0.25) is 0 Å². The maximum absolute atomic E-state index is 11.6. The van der Waals surface area contributed by atoms with Crippen LogP contribution in [0.4, 0.5) is 0 Å². The van der Waals surface area contributed by atoms with Crippen LogP contribution in [0.1, 0.15) is 15.9 Å². The molecule has 0 atom stereocenters. The van der Waals surface area contributed by atoms with E-state index in [1.165, 1.54) is 18.2 Å². The van der Waals surface area contributed by atoms with Gasteiger partial charge in [0.05, 0.1) is 22.3 Å². The van der Waals surface area contributed by atoms with E-state index < -0.39 is 5.97 Å². The summed E-state index contributed by atoms with van der Waals surface area (Å²) in [6, 6.07) is 11.4. The van der Waals surface area contributed by atoms with Crippen LogP contribution in [0.25, 0.3) is 11.3 Å². The van der Waals surface area contributed by atoms with Crippen LogP contribution in [0.15, 0.2) is 42.5 Å². The number of hydrogen-bond acceptors (Lipinski definition) is 5. The molecule has 0 radical (unpaired) electrons. The Kier molecular flexibility index (Phi) is 6.24. The van der Waals surface area contributed by atoms with Crippen molar-refractivity contribution in [3.8, 4) is 22.9 Å². The lowest BCUT2D eigenvalue weighted by molar-refractivity contribution is 0.0691. The van der Waals surface area contributed by atoms with Crippen molar-refractivity contribution in [2.45, 2.75) is 6.42 Å². The Morgan fingerprint density at radius 3 is 2.25 bits per heavy atom. The highest BCUT2D eigenvalue weighted by Crippen LogP contribution is 2.36. The zero-order valence-corrected chi connectivity index (χ0v) is 16.5. The second-order valence-electron chi connectivity index (χ2n) is 5.77. The summed E-state index contributed by atoms with van der Waals surface area (Å²) in [5, 5.41) is 27.7. The summed E-state index contributed by atoms with van der Waals surface area (Å²) in [7, 11) is 0. The largest absolute Gasteiger partial charge is 0.505 e. The fourth-order valence-corrected chi connectivity index (χ4v) is 3.02. The van der Waals surface area contributed by atoms with Crippen LogP contribution in [0.5, 0.6) is 11.6 Å². The van der Waals surface area contributed by atoms with Crippen LogP contribution < -0.4 is 4.74 Å². The lowest BCUT2D eigenvalue weighted by Gasteiger charge is -2.10. The molecule has 1 heterocycles. The molecule has 3 aromatic rings. The molecule has 0 amide bonds. The molecule has 28 heavy (non-hydrogen) atoms. The average Bonchev–Trinajstić information content (AvgIpc) is 2.67. The lowest BCUT2D eigenvalue weighted by Crippen LogP contribution is -2.09. The zero-order valence-electron chi connectivity index (χ0n) is 14.2. The molecule has 144 valence electrons. The second-order valence-corrected chi connectivity index (χ2v) is 7.02. The van der Waals surface area contributed by atoms with E-state index in [1.54, 1.807) is 12.1 Å². The summed E-state index contributed by atoms with van der Waals surface area (Å²) in [6.07, 6.45) is 0.544. The van der Waals surface area contributed by atoms with Crippen molar-refractivity contribution in [1.82, 2.24) is 10.2 Å². The summed E-state index contributed by atoms with van der Waals surface area (Å²) in [4.78, 5) is 11.6. The molecule has 1 aromatic heterocycles. The number of carboxylic acid groups (broad SMARTS) is 1. The van der Waals surface area contributed by atoms with Gasteiger partial charge < -0.3 is 14.9 Å². The van der Waals surface area contributed by atoms with Crippen molar-refractivity contribution in [1.29, 1.82) is 0 Å². The maximum atomic E-state index is 11.6. The average molecular weight is 440 g/mol. The number of ether oxygens (including phenoxy) is 1. The van der Waals surface area contributed by atoms with E-state index in [0.29, 0.717) is 17.0 Å². The standard InChI is InChI=1S/C19H13Cl3N2O4/c20-12-3-1-10(2-4-12)5-6-28-18-13(19(26)27)9-16(23-24-18)11-7-14(21)17(25)15(22)8-11/h1-4,7-9,25H,5-6H2,(H,26,27). The molecule has 2 aromatic carbocycles. The van der Waals surface area contributed by atoms with Crippen molar-refractivity contribution in [2.24, 2.45) is 0 Å². The number of carbonyl (C=O) groups is 1. The molecule has 0 aliphatic heterocycles. The monoisotopic (exact) mass is 438 g/mol. The van der Waals surface area contributed by atoms with Gasteiger partial charge in [-0.25, -0.2) is 4.79 Å². The third kappa shape index (κ3) is 4.65. The molecular weight excluding hydrogens is 427 g/mol. The van der Waals surface area contributed by atoms with Gasteiger partial charge in [0, 0.05) is 17.0 Å². The van der Waals surface area contributed by atoms with E-state index in [2.05, 4.69) is 10.2 Å². The first kappa shape index (κ1) is 20.2. The lowest BCUT2D eigenvalue weighted by atomic mass is 10.1. The molecule has 6 nitrogen and oxygen atoms in total. The molecule has 9 heteroatoms. The first-order chi connectivity index (χ1) is 13.3. The highest BCUT2D eigenvalue weighted by Gasteiger charge is 2.17. The Hall–Kier alpha value is -2.54. The summed E-state index contributed by atoms with van der Waals surface area (Å²) < 4.78 is 5.51. The maximum Gasteiger partial charge on any atom is 0.341 e. The highest BCUT2D eigenvalue weighted by atomic mass is 35.5. The van der Waals surface area contributed by atoms with Crippen LogP contribution in [0, 0.1) is 0 Å². The van der Waals surface area contributed by atoms with Crippen LogP contribution >= 0.6 is 34.8 Å². The van der Waals surface area contributed by atoms with E-state index in [1.807, 2.05) is 12.1 Å². The van der Waals surface area contributed by atoms with Gasteiger partial charge in [-0.05, 0) is 35.9 Å². The normalized spacial score (nSPS) is 10.7. The smallest absolute Gasteiger partial charge is 0.341 e.